The Bertz CT molecular complexity index is 416. The fourth-order valence-corrected chi connectivity index (χ4v) is 3.67. The van der Waals surface area contributed by atoms with Gasteiger partial charge in [-0.05, 0) is 18.9 Å². The standard InChI is InChI=1S/C13H17NO2S/c14-10-7-11-12(16-6-5-15-11)8-13(10)17-9-3-1-2-4-9/h7-9H,1-6,14H2. The zero-order chi connectivity index (χ0) is 11.7. The van der Waals surface area contributed by atoms with Gasteiger partial charge in [0.05, 0.1) is 0 Å². The first-order chi connectivity index (χ1) is 8.33. The molecule has 1 aliphatic heterocycles. The summed E-state index contributed by atoms with van der Waals surface area (Å²) >= 11 is 1.89. The van der Waals surface area contributed by atoms with E-state index in [0.29, 0.717) is 13.2 Å². The van der Waals surface area contributed by atoms with Crippen LogP contribution in [-0.2, 0) is 0 Å². The van der Waals surface area contributed by atoms with Crippen LogP contribution in [0.4, 0.5) is 5.69 Å². The second-order valence-corrected chi connectivity index (χ2v) is 5.90. The van der Waals surface area contributed by atoms with E-state index in [9.17, 15) is 0 Å². The third-order valence-electron chi connectivity index (χ3n) is 3.27. The lowest BCUT2D eigenvalue weighted by Crippen LogP contribution is -2.15. The van der Waals surface area contributed by atoms with Crippen LogP contribution in [0.2, 0.25) is 0 Å². The molecule has 0 bridgehead atoms. The molecule has 3 rings (SSSR count). The van der Waals surface area contributed by atoms with Crippen LogP contribution >= 0.6 is 11.8 Å². The summed E-state index contributed by atoms with van der Waals surface area (Å²) in [6.07, 6.45) is 5.31. The molecule has 0 amide bonds. The molecule has 1 aliphatic carbocycles. The van der Waals surface area contributed by atoms with E-state index in [-0.39, 0.29) is 0 Å². The van der Waals surface area contributed by atoms with E-state index < -0.39 is 0 Å². The second-order valence-electron chi connectivity index (χ2n) is 4.56. The number of nitrogen functional groups attached to an aromatic ring is 1. The summed E-state index contributed by atoms with van der Waals surface area (Å²) in [5.74, 6) is 1.62. The van der Waals surface area contributed by atoms with E-state index in [1.54, 1.807) is 0 Å². The number of nitrogens with two attached hydrogens (primary N) is 1. The van der Waals surface area contributed by atoms with Crippen molar-refractivity contribution in [3.05, 3.63) is 12.1 Å². The topological polar surface area (TPSA) is 44.5 Å². The average Bonchev–Trinajstić information content (AvgIpc) is 2.83. The zero-order valence-corrected chi connectivity index (χ0v) is 10.6. The molecule has 2 N–H and O–H groups in total. The Morgan fingerprint density at radius 1 is 1.06 bits per heavy atom. The van der Waals surface area contributed by atoms with Crippen LogP contribution in [-0.4, -0.2) is 18.5 Å². The molecule has 92 valence electrons. The number of benzene rings is 1. The Morgan fingerprint density at radius 2 is 1.71 bits per heavy atom. The quantitative estimate of drug-likeness (QED) is 0.820. The molecule has 1 aromatic rings. The summed E-state index contributed by atoms with van der Waals surface area (Å²) in [4.78, 5) is 1.14. The number of rotatable bonds is 2. The molecule has 0 atom stereocenters. The number of hydrogen-bond donors (Lipinski definition) is 1. The lowest BCUT2D eigenvalue weighted by atomic mass is 10.2. The maximum Gasteiger partial charge on any atom is 0.163 e. The molecular formula is C13H17NO2S. The highest BCUT2D eigenvalue weighted by molar-refractivity contribution is 8.00. The minimum Gasteiger partial charge on any atom is -0.486 e. The van der Waals surface area contributed by atoms with Crippen LogP contribution in [0.25, 0.3) is 0 Å². The highest BCUT2D eigenvalue weighted by Gasteiger charge is 2.20. The molecule has 1 aromatic carbocycles. The molecule has 1 fully saturated rings. The molecule has 17 heavy (non-hydrogen) atoms. The smallest absolute Gasteiger partial charge is 0.163 e. The van der Waals surface area contributed by atoms with Gasteiger partial charge in [0.25, 0.3) is 0 Å². The van der Waals surface area contributed by atoms with E-state index in [1.165, 1.54) is 25.7 Å². The lowest BCUT2D eigenvalue weighted by Gasteiger charge is -2.20. The average molecular weight is 251 g/mol. The molecule has 1 heterocycles. The van der Waals surface area contributed by atoms with Crippen LogP contribution in [0.3, 0.4) is 0 Å². The van der Waals surface area contributed by atoms with Gasteiger partial charge < -0.3 is 15.2 Å². The predicted octanol–water partition coefficient (Wildman–Crippen LogP) is 3.07. The first kappa shape index (κ1) is 11.1. The molecule has 3 nitrogen and oxygen atoms in total. The highest BCUT2D eigenvalue weighted by atomic mass is 32.2. The summed E-state index contributed by atoms with van der Waals surface area (Å²) in [6.45, 7) is 1.24. The Balaban J connectivity index is 1.83. The van der Waals surface area contributed by atoms with Crippen LogP contribution in [0.15, 0.2) is 17.0 Å². The number of ether oxygens (including phenoxy) is 2. The highest BCUT2D eigenvalue weighted by Crippen LogP contribution is 2.42. The van der Waals surface area contributed by atoms with Crippen molar-refractivity contribution in [3.63, 3.8) is 0 Å². The number of fused-ring (bicyclic) bond motifs is 1. The van der Waals surface area contributed by atoms with Gasteiger partial charge in [0.15, 0.2) is 11.5 Å². The van der Waals surface area contributed by atoms with Crippen molar-refractivity contribution in [1.82, 2.24) is 0 Å². The van der Waals surface area contributed by atoms with E-state index >= 15 is 0 Å². The van der Waals surface area contributed by atoms with Gasteiger partial charge in [-0.1, -0.05) is 12.8 Å². The number of anilines is 1. The third-order valence-corrected chi connectivity index (χ3v) is 4.68. The Kier molecular flexibility index (Phi) is 3.05. The van der Waals surface area contributed by atoms with E-state index in [1.807, 2.05) is 23.9 Å². The molecule has 0 saturated heterocycles. The van der Waals surface area contributed by atoms with Crippen LogP contribution in [0.5, 0.6) is 11.5 Å². The minimum atomic E-state index is 0.613. The lowest BCUT2D eigenvalue weighted by molar-refractivity contribution is 0.171. The van der Waals surface area contributed by atoms with Gasteiger partial charge in [-0.2, -0.15) is 0 Å². The summed E-state index contributed by atoms with van der Waals surface area (Å²) < 4.78 is 11.1. The summed E-state index contributed by atoms with van der Waals surface area (Å²) in [7, 11) is 0. The van der Waals surface area contributed by atoms with Gasteiger partial charge in [0, 0.05) is 21.9 Å². The van der Waals surface area contributed by atoms with Crippen molar-refractivity contribution in [3.8, 4) is 11.5 Å². The van der Waals surface area contributed by atoms with Crippen LogP contribution in [0.1, 0.15) is 25.7 Å². The van der Waals surface area contributed by atoms with Gasteiger partial charge in [-0.3, -0.25) is 0 Å². The molecule has 0 spiro atoms. The van der Waals surface area contributed by atoms with Gasteiger partial charge in [-0.25, -0.2) is 0 Å². The Hall–Kier alpha value is -1.03. The fourth-order valence-electron chi connectivity index (χ4n) is 2.37. The predicted molar refractivity (Wildman–Crippen MR) is 70.0 cm³/mol. The van der Waals surface area contributed by atoms with Crippen molar-refractivity contribution < 1.29 is 9.47 Å². The minimum absolute atomic E-state index is 0.613. The normalized spacial score (nSPS) is 19.5. The summed E-state index contributed by atoms with van der Waals surface area (Å²) in [5, 5.41) is 0.722. The number of thioether (sulfide) groups is 1. The molecule has 0 radical (unpaired) electrons. The maximum atomic E-state index is 6.07. The van der Waals surface area contributed by atoms with Crippen molar-refractivity contribution in [1.29, 1.82) is 0 Å². The van der Waals surface area contributed by atoms with Gasteiger partial charge in [-0.15, -0.1) is 11.8 Å². The van der Waals surface area contributed by atoms with E-state index in [2.05, 4.69) is 0 Å². The Morgan fingerprint density at radius 3 is 2.41 bits per heavy atom. The first-order valence-electron chi connectivity index (χ1n) is 6.19. The second kappa shape index (κ2) is 4.69. The molecule has 4 heteroatoms. The van der Waals surface area contributed by atoms with Gasteiger partial charge in [0.1, 0.15) is 13.2 Å². The fraction of sp³-hybridized carbons (Fsp3) is 0.538. The molecular weight excluding hydrogens is 234 g/mol. The van der Waals surface area contributed by atoms with Gasteiger partial charge in [0.2, 0.25) is 0 Å². The first-order valence-corrected chi connectivity index (χ1v) is 7.06. The summed E-state index contributed by atoms with van der Waals surface area (Å²) in [6, 6.07) is 3.93. The van der Waals surface area contributed by atoms with Crippen LogP contribution in [0, 0.1) is 0 Å². The third kappa shape index (κ3) is 2.32. The van der Waals surface area contributed by atoms with Crippen molar-refractivity contribution in [2.45, 2.75) is 35.8 Å². The molecule has 0 aromatic heterocycles. The van der Waals surface area contributed by atoms with Crippen molar-refractivity contribution in [2.24, 2.45) is 0 Å². The largest absolute Gasteiger partial charge is 0.486 e. The van der Waals surface area contributed by atoms with E-state index in [0.717, 1.165) is 27.3 Å². The van der Waals surface area contributed by atoms with Crippen molar-refractivity contribution in [2.75, 3.05) is 18.9 Å². The van der Waals surface area contributed by atoms with Gasteiger partial charge >= 0.3 is 0 Å². The monoisotopic (exact) mass is 251 g/mol. The maximum absolute atomic E-state index is 6.07. The SMILES string of the molecule is Nc1cc2c(cc1SC1CCCC1)OCCO2. The molecule has 2 aliphatic rings. The molecule has 0 unspecified atom stereocenters. The number of hydrogen-bond acceptors (Lipinski definition) is 4. The molecule has 1 saturated carbocycles. The Labute approximate surface area is 106 Å². The summed E-state index contributed by atoms with van der Waals surface area (Å²) in [5.41, 5.74) is 6.88. The van der Waals surface area contributed by atoms with Crippen molar-refractivity contribution >= 4 is 17.4 Å². The zero-order valence-electron chi connectivity index (χ0n) is 9.78. The van der Waals surface area contributed by atoms with E-state index in [4.69, 9.17) is 15.2 Å². The van der Waals surface area contributed by atoms with Crippen LogP contribution < -0.4 is 15.2 Å².